The maximum absolute atomic E-state index is 13.0. The van der Waals surface area contributed by atoms with E-state index in [1.165, 1.54) is 23.5 Å². The Hall–Kier alpha value is -2.66. The maximum atomic E-state index is 13.0. The Balaban J connectivity index is 1.61. The molecule has 2 N–H and O–H groups in total. The van der Waals surface area contributed by atoms with Gasteiger partial charge in [-0.3, -0.25) is 9.59 Å². The number of amides is 2. The summed E-state index contributed by atoms with van der Waals surface area (Å²) < 4.78 is 37.8. The van der Waals surface area contributed by atoms with Crippen LogP contribution in [0.5, 0.6) is 5.75 Å². The summed E-state index contributed by atoms with van der Waals surface area (Å²) in [6, 6.07) is 10.8. The second-order valence-corrected chi connectivity index (χ2v) is 9.29. The number of nitrogens with zero attached hydrogens (tertiary/aromatic N) is 1. The average molecular weight is 482 g/mol. The van der Waals surface area contributed by atoms with E-state index in [0.717, 1.165) is 0 Å². The van der Waals surface area contributed by atoms with Crippen molar-refractivity contribution in [1.82, 2.24) is 9.62 Å². The number of nitrogens with one attached hydrogen (secondary N) is 2. The molecule has 0 atom stereocenters. The van der Waals surface area contributed by atoms with Crippen molar-refractivity contribution in [3.8, 4) is 5.75 Å². The fourth-order valence-corrected chi connectivity index (χ4v) is 4.81. The summed E-state index contributed by atoms with van der Waals surface area (Å²) in [7, 11) is -2.43. The van der Waals surface area contributed by atoms with Gasteiger partial charge in [0.1, 0.15) is 10.6 Å². The van der Waals surface area contributed by atoms with Crippen molar-refractivity contribution in [2.24, 2.45) is 0 Å². The molecule has 0 unspecified atom stereocenters. The van der Waals surface area contributed by atoms with E-state index in [-0.39, 0.29) is 48.5 Å². The lowest BCUT2D eigenvalue weighted by atomic mass is 10.2. The molecule has 1 aliphatic heterocycles. The molecule has 1 saturated heterocycles. The van der Waals surface area contributed by atoms with Crippen LogP contribution in [0.15, 0.2) is 47.4 Å². The number of carbonyl (C=O) groups excluding carboxylic acids is 2. The zero-order valence-corrected chi connectivity index (χ0v) is 19.0. The Labute approximate surface area is 191 Å². The van der Waals surface area contributed by atoms with Crippen LogP contribution in [0.25, 0.3) is 0 Å². The number of morpholine rings is 1. The summed E-state index contributed by atoms with van der Waals surface area (Å²) in [6.07, 6.45) is 0.0108. The van der Waals surface area contributed by atoms with Gasteiger partial charge in [-0.2, -0.15) is 4.31 Å². The number of carbonyl (C=O) groups is 2. The van der Waals surface area contributed by atoms with Gasteiger partial charge in [0.25, 0.3) is 5.91 Å². The highest BCUT2D eigenvalue weighted by molar-refractivity contribution is 7.89. The van der Waals surface area contributed by atoms with E-state index < -0.39 is 10.0 Å². The van der Waals surface area contributed by atoms with Crippen LogP contribution < -0.4 is 15.4 Å². The summed E-state index contributed by atoms with van der Waals surface area (Å²) >= 11 is 5.80. The molecule has 0 saturated carbocycles. The van der Waals surface area contributed by atoms with E-state index in [1.54, 1.807) is 30.3 Å². The van der Waals surface area contributed by atoms with Gasteiger partial charge in [0.05, 0.1) is 20.3 Å². The van der Waals surface area contributed by atoms with Gasteiger partial charge in [-0.1, -0.05) is 11.6 Å². The second-order valence-electron chi connectivity index (χ2n) is 6.94. The molecule has 172 valence electrons. The van der Waals surface area contributed by atoms with Crippen LogP contribution in [0.2, 0.25) is 5.02 Å². The van der Waals surface area contributed by atoms with E-state index in [1.807, 2.05) is 0 Å². The number of benzene rings is 2. The quantitative estimate of drug-likeness (QED) is 0.597. The number of rotatable bonds is 8. The van der Waals surface area contributed by atoms with E-state index >= 15 is 0 Å². The molecule has 3 rings (SSSR count). The molecule has 2 aromatic rings. The fourth-order valence-electron chi connectivity index (χ4n) is 3.10. The number of ether oxygens (including phenoxy) is 2. The van der Waals surface area contributed by atoms with Crippen molar-refractivity contribution < 1.29 is 27.5 Å². The molecule has 32 heavy (non-hydrogen) atoms. The fraction of sp³-hybridized carbons (Fsp3) is 0.333. The monoisotopic (exact) mass is 481 g/mol. The number of halogens is 1. The van der Waals surface area contributed by atoms with E-state index in [9.17, 15) is 18.0 Å². The van der Waals surface area contributed by atoms with Gasteiger partial charge in [-0.05, 0) is 42.5 Å². The third kappa shape index (κ3) is 5.98. The largest absolute Gasteiger partial charge is 0.495 e. The zero-order chi connectivity index (χ0) is 23.1. The van der Waals surface area contributed by atoms with Crippen molar-refractivity contribution in [2.75, 3.05) is 45.3 Å². The molecule has 0 aliphatic carbocycles. The van der Waals surface area contributed by atoms with Gasteiger partial charge in [0.15, 0.2) is 0 Å². The highest BCUT2D eigenvalue weighted by Crippen LogP contribution is 2.30. The van der Waals surface area contributed by atoms with Crippen LogP contribution in [0.1, 0.15) is 16.8 Å². The number of sulfonamides is 1. The molecular weight excluding hydrogens is 458 g/mol. The molecule has 1 fully saturated rings. The predicted molar refractivity (Wildman–Crippen MR) is 120 cm³/mol. The van der Waals surface area contributed by atoms with Crippen molar-refractivity contribution in [1.29, 1.82) is 0 Å². The first-order chi connectivity index (χ1) is 15.3. The van der Waals surface area contributed by atoms with Crippen LogP contribution in [0.4, 0.5) is 5.69 Å². The molecular formula is C21H24ClN3O6S. The number of hydrogen-bond donors (Lipinski definition) is 2. The minimum absolute atomic E-state index is 0.0108. The second kappa shape index (κ2) is 10.8. The number of anilines is 1. The Kier molecular flexibility index (Phi) is 8.08. The van der Waals surface area contributed by atoms with Crippen LogP contribution >= 0.6 is 11.6 Å². The standard InChI is InChI=1S/C21H24ClN3O6S/c1-30-18-7-6-17(14-19(18)32(28,29)25-10-12-31-13-11-25)24-20(26)8-9-23-21(27)15-2-4-16(22)5-3-15/h2-7,14H,8-13H2,1H3,(H,23,27)(H,24,26). The summed E-state index contributed by atoms with van der Waals surface area (Å²) in [5, 5.41) is 5.84. The molecule has 2 aromatic carbocycles. The first-order valence-corrected chi connectivity index (χ1v) is 11.7. The molecule has 0 bridgehead atoms. The lowest BCUT2D eigenvalue weighted by molar-refractivity contribution is -0.116. The first-order valence-electron chi connectivity index (χ1n) is 9.91. The lowest BCUT2D eigenvalue weighted by Gasteiger charge is -2.26. The van der Waals surface area contributed by atoms with Gasteiger partial charge in [0, 0.05) is 42.3 Å². The lowest BCUT2D eigenvalue weighted by Crippen LogP contribution is -2.40. The Morgan fingerprint density at radius 1 is 1.12 bits per heavy atom. The van der Waals surface area contributed by atoms with E-state index in [4.69, 9.17) is 21.1 Å². The van der Waals surface area contributed by atoms with E-state index in [0.29, 0.717) is 29.5 Å². The summed E-state index contributed by atoms with van der Waals surface area (Å²) in [5.74, 6) is -0.510. The van der Waals surface area contributed by atoms with Crippen LogP contribution in [0.3, 0.4) is 0 Å². The highest BCUT2D eigenvalue weighted by Gasteiger charge is 2.29. The predicted octanol–water partition coefficient (Wildman–Crippen LogP) is 2.13. The van der Waals surface area contributed by atoms with Gasteiger partial charge in [-0.25, -0.2) is 8.42 Å². The molecule has 0 aromatic heterocycles. The summed E-state index contributed by atoms with van der Waals surface area (Å²) in [5.41, 5.74) is 0.745. The van der Waals surface area contributed by atoms with Gasteiger partial charge < -0.3 is 20.1 Å². The highest BCUT2D eigenvalue weighted by atomic mass is 35.5. The summed E-state index contributed by atoms with van der Waals surface area (Å²) in [6.45, 7) is 1.24. The minimum Gasteiger partial charge on any atom is -0.495 e. The minimum atomic E-state index is -3.81. The van der Waals surface area contributed by atoms with Gasteiger partial charge in [-0.15, -0.1) is 0 Å². The van der Waals surface area contributed by atoms with Crippen LogP contribution in [-0.4, -0.2) is 64.5 Å². The smallest absolute Gasteiger partial charge is 0.251 e. The third-order valence-corrected chi connectivity index (χ3v) is 6.95. The number of methoxy groups -OCH3 is 1. The average Bonchev–Trinajstić information content (AvgIpc) is 2.80. The Morgan fingerprint density at radius 3 is 2.47 bits per heavy atom. The third-order valence-electron chi connectivity index (χ3n) is 4.78. The Morgan fingerprint density at radius 2 is 1.81 bits per heavy atom. The van der Waals surface area contributed by atoms with Crippen molar-refractivity contribution in [3.63, 3.8) is 0 Å². The van der Waals surface area contributed by atoms with E-state index in [2.05, 4.69) is 10.6 Å². The van der Waals surface area contributed by atoms with Gasteiger partial charge >= 0.3 is 0 Å². The molecule has 1 aliphatic rings. The van der Waals surface area contributed by atoms with Crippen molar-refractivity contribution in [3.05, 3.63) is 53.1 Å². The summed E-state index contributed by atoms with van der Waals surface area (Å²) in [4.78, 5) is 24.4. The normalized spacial score (nSPS) is 14.6. The first kappa shape index (κ1) is 24.0. The van der Waals surface area contributed by atoms with Gasteiger partial charge in [0.2, 0.25) is 15.9 Å². The number of hydrogen-bond acceptors (Lipinski definition) is 6. The Bertz CT molecular complexity index is 1070. The molecule has 11 heteroatoms. The zero-order valence-electron chi connectivity index (χ0n) is 17.5. The topological polar surface area (TPSA) is 114 Å². The van der Waals surface area contributed by atoms with Crippen LogP contribution in [0, 0.1) is 0 Å². The molecule has 1 heterocycles. The SMILES string of the molecule is COc1ccc(NC(=O)CCNC(=O)c2ccc(Cl)cc2)cc1S(=O)(=O)N1CCOCC1. The molecule has 0 spiro atoms. The molecule has 0 radical (unpaired) electrons. The molecule has 2 amide bonds. The maximum Gasteiger partial charge on any atom is 0.251 e. The van der Waals surface area contributed by atoms with Crippen LogP contribution in [-0.2, 0) is 19.6 Å². The van der Waals surface area contributed by atoms with Crippen molar-refractivity contribution in [2.45, 2.75) is 11.3 Å². The molecule has 9 nitrogen and oxygen atoms in total. The van der Waals surface area contributed by atoms with Crippen molar-refractivity contribution >= 4 is 39.1 Å².